The minimum absolute atomic E-state index is 0.631. The summed E-state index contributed by atoms with van der Waals surface area (Å²) in [7, 11) is 0. The van der Waals surface area contributed by atoms with E-state index in [-0.39, 0.29) is 0 Å². The summed E-state index contributed by atoms with van der Waals surface area (Å²) < 4.78 is 5.60. The van der Waals surface area contributed by atoms with Gasteiger partial charge in [-0.2, -0.15) is 0 Å². The Morgan fingerprint density at radius 1 is 1.22 bits per heavy atom. The van der Waals surface area contributed by atoms with Gasteiger partial charge < -0.3 is 4.74 Å². The quantitative estimate of drug-likeness (QED) is 0.539. The largest absolute Gasteiger partial charge is 0.492 e. The molecular formula is C16H23NO. The maximum atomic E-state index is 5.60. The lowest BCUT2D eigenvalue weighted by atomic mass is 10.0. The molecule has 0 N–H and O–H groups in total. The van der Waals surface area contributed by atoms with Crippen molar-refractivity contribution < 1.29 is 4.74 Å². The highest BCUT2D eigenvalue weighted by Crippen LogP contribution is 2.22. The number of hydrogen-bond donors (Lipinski definition) is 0. The van der Waals surface area contributed by atoms with Crippen molar-refractivity contribution in [3.05, 3.63) is 35.4 Å². The first-order valence-corrected chi connectivity index (χ1v) is 6.53. The zero-order valence-corrected chi connectivity index (χ0v) is 11.9. The number of benzene rings is 1. The average molecular weight is 245 g/mol. The molecule has 0 unspecified atom stereocenters. The standard InChI is InChI=1S/C16H23NO/c1-5-13(3)14(4)15-7-9-16(10-8-15)18-12-11-17-6-2/h6-10H,5,11-12H2,1-4H3/b14-13+,17-6?. The molecule has 1 rings (SSSR count). The minimum Gasteiger partial charge on any atom is -0.492 e. The Hall–Kier alpha value is -1.57. The van der Waals surface area contributed by atoms with Gasteiger partial charge in [0.1, 0.15) is 12.4 Å². The lowest BCUT2D eigenvalue weighted by Crippen LogP contribution is -2.00. The summed E-state index contributed by atoms with van der Waals surface area (Å²) in [6, 6.07) is 8.29. The van der Waals surface area contributed by atoms with E-state index in [1.165, 1.54) is 16.7 Å². The summed E-state index contributed by atoms with van der Waals surface area (Å²) in [5.74, 6) is 0.909. The van der Waals surface area contributed by atoms with E-state index in [9.17, 15) is 0 Å². The highest BCUT2D eigenvalue weighted by molar-refractivity contribution is 5.66. The van der Waals surface area contributed by atoms with Gasteiger partial charge in [-0.3, -0.25) is 4.99 Å². The molecule has 18 heavy (non-hydrogen) atoms. The van der Waals surface area contributed by atoms with Crippen LogP contribution in [-0.4, -0.2) is 19.4 Å². The van der Waals surface area contributed by atoms with Crippen molar-refractivity contribution in [2.24, 2.45) is 4.99 Å². The van der Waals surface area contributed by atoms with Crippen LogP contribution in [0.2, 0.25) is 0 Å². The van der Waals surface area contributed by atoms with Gasteiger partial charge in [-0.25, -0.2) is 0 Å². The number of rotatable bonds is 6. The van der Waals surface area contributed by atoms with E-state index in [0.29, 0.717) is 13.2 Å². The van der Waals surface area contributed by atoms with Crippen LogP contribution in [0.1, 0.15) is 39.7 Å². The maximum Gasteiger partial charge on any atom is 0.119 e. The van der Waals surface area contributed by atoms with Gasteiger partial charge in [-0.1, -0.05) is 24.6 Å². The normalized spacial score (nSPS) is 12.7. The molecule has 0 amide bonds. The summed E-state index contributed by atoms with van der Waals surface area (Å²) >= 11 is 0. The lowest BCUT2D eigenvalue weighted by molar-refractivity contribution is 0.329. The lowest BCUT2D eigenvalue weighted by Gasteiger charge is -2.08. The molecule has 0 spiro atoms. The summed E-state index contributed by atoms with van der Waals surface area (Å²) in [6.07, 6.45) is 2.90. The van der Waals surface area contributed by atoms with Crippen LogP contribution in [-0.2, 0) is 0 Å². The summed E-state index contributed by atoms with van der Waals surface area (Å²) in [5.41, 5.74) is 4.06. The van der Waals surface area contributed by atoms with E-state index < -0.39 is 0 Å². The van der Waals surface area contributed by atoms with Crippen molar-refractivity contribution in [1.82, 2.24) is 0 Å². The molecule has 0 aliphatic heterocycles. The third-order valence-electron chi connectivity index (χ3n) is 3.13. The van der Waals surface area contributed by atoms with E-state index in [2.05, 4.69) is 37.9 Å². The monoisotopic (exact) mass is 245 g/mol. The Balaban J connectivity index is 2.63. The summed E-state index contributed by atoms with van der Waals surface area (Å²) in [6.45, 7) is 9.80. The molecule has 2 heteroatoms. The van der Waals surface area contributed by atoms with Gasteiger partial charge in [0, 0.05) is 0 Å². The van der Waals surface area contributed by atoms with Gasteiger partial charge in [0.05, 0.1) is 6.54 Å². The first-order valence-electron chi connectivity index (χ1n) is 6.53. The Labute approximate surface area is 110 Å². The van der Waals surface area contributed by atoms with Gasteiger partial charge in [-0.05, 0) is 56.7 Å². The molecule has 1 aromatic rings. The molecule has 0 aromatic heterocycles. The summed E-state index contributed by atoms with van der Waals surface area (Å²) in [5, 5.41) is 0. The van der Waals surface area contributed by atoms with E-state index in [0.717, 1.165) is 12.2 Å². The third kappa shape index (κ3) is 4.36. The molecule has 0 radical (unpaired) electrons. The molecule has 0 saturated heterocycles. The SMILES string of the molecule is CC=NCCOc1ccc(/C(C)=C(\C)CC)cc1. The van der Waals surface area contributed by atoms with Gasteiger partial charge in [-0.15, -0.1) is 0 Å². The molecule has 0 aliphatic carbocycles. The van der Waals surface area contributed by atoms with Crippen LogP contribution in [0.3, 0.4) is 0 Å². The second kappa shape index (κ2) is 7.70. The Morgan fingerprint density at radius 2 is 1.89 bits per heavy atom. The zero-order valence-electron chi connectivity index (χ0n) is 11.9. The fraction of sp³-hybridized carbons (Fsp3) is 0.438. The van der Waals surface area contributed by atoms with Gasteiger partial charge in [0.25, 0.3) is 0 Å². The first kappa shape index (κ1) is 14.5. The van der Waals surface area contributed by atoms with Crippen LogP contribution in [0.25, 0.3) is 5.57 Å². The van der Waals surface area contributed by atoms with Crippen LogP contribution < -0.4 is 4.74 Å². The molecular weight excluding hydrogens is 222 g/mol. The van der Waals surface area contributed by atoms with Crippen molar-refractivity contribution in [3.63, 3.8) is 0 Å². The number of allylic oxidation sites excluding steroid dienone is 2. The van der Waals surface area contributed by atoms with Crippen LogP contribution in [0.4, 0.5) is 0 Å². The third-order valence-corrected chi connectivity index (χ3v) is 3.13. The second-order valence-electron chi connectivity index (χ2n) is 4.30. The molecule has 2 nitrogen and oxygen atoms in total. The number of ether oxygens (including phenoxy) is 1. The van der Waals surface area contributed by atoms with Gasteiger partial charge >= 0.3 is 0 Å². The Morgan fingerprint density at radius 3 is 2.44 bits per heavy atom. The molecule has 1 aromatic carbocycles. The Bertz CT molecular complexity index is 415. The van der Waals surface area contributed by atoms with Crippen molar-refractivity contribution >= 4 is 11.8 Å². The average Bonchev–Trinajstić information content (AvgIpc) is 2.42. The topological polar surface area (TPSA) is 21.6 Å². The first-order chi connectivity index (χ1) is 8.69. The second-order valence-corrected chi connectivity index (χ2v) is 4.30. The molecule has 0 aliphatic rings. The fourth-order valence-corrected chi connectivity index (χ4v) is 1.66. The van der Waals surface area contributed by atoms with E-state index >= 15 is 0 Å². The van der Waals surface area contributed by atoms with Crippen molar-refractivity contribution in [1.29, 1.82) is 0 Å². The van der Waals surface area contributed by atoms with Crippen LogP contribution in [0.15, 0.2) is 34.8 Å². The van der Waals surface area contributed by atoms with Crippen LogP contribution >= 0.6 is 0 Å². The van der Waals surface area contributed by atoms with Crippen molar-refractivity contribution in [2.45, 2.75) is 34.1 Å². The van der Waals surface area contributed by atoms with Crippen LogP contribution in [0.5, 0.6) is 5.75 Å². The predicted molar refractivity (Wildman–Crippen MR) is 79.5 cm³/mol. The highest BCUT2D eigenvalue weighted by atomic mass is 16.5. The number of nitrogens with zero attached hydrogens (tertiary/aromatic N) is 1. The van der Waals surface area contributed by atoms with E-state index in [4.69, 9.17) is 4.74 Å². The molecule has 0 heterocycles. The highest BCUT2D eigenvalue weighted by Gasteiger charge is 2.00. The fourth-order valence-electron chi connectivity index (χ4n) is 1.66. The molecule has 0 fully saturated rings. The van der Waals surface area contributed by atoms with Crippen LogP contribution in [0, 0.1) is 0 Å². The van der Waals surface area contributed by atoms with Gasteiger partial charge in [0.15, 0.2) is 0 Å². The predicted octanol–water partition coefficient (Wildman–Crippen LogP) is 4.36. The van der Waals surface area contributed by atoms with Crippen molar-refractivity contribution in [2.75, 3.05) is 13.2 Å². The smallest absolute Gasteiger partial charge is 0.119 e. The molecule has 98 valence electrons. The minimum atomic E-state index is 0.631. The molecule has 0 atom stereocenters. The molecule has 0 saturated carbocycles. The zero-order chi connectivity index (χ0) is 13.4. The van der Waals surface area contributed by atoms with Crippen molar-refractivity contribution in [3.8, 4) is 5.75 Å². The van der Waals surface area contributed by atoms with E-state index in [1.54, 1.807) is 6.21 Å². The van der Waals surface area contributed by atoms with Gasteiger partial charge in [0.2, 0.25) is 0 Å². The number of hydrogen-bond acceptors (Lipinski definition) is 2. The number of aliphatic imine (C=N–C) groups is 1. The maximum absolute atomic E-state index is 5.60. The van der Waals surface area contributed by atoms with E-state index in [1.807, 2.05) is 19.1 Å². The molecule has 0 bridgehead atoms. The Kier molecular flexibility index (Phi) is 6.20. The summed E-state index contributed by atoms with van der Waals surface area (Å²) in [4.78, 5) is 4.11.